The van der Waals surface area contributed by atoms with E-state index in [-0.39, 0.29) is 22.9 Å². The van der Waals surface area contributed by atoms with E-state index < -0.39 is 9.05 Å². The maximum Gasteiger partial charge on any atom is 0.261 e. The molecule has 104 valence electrons. The first-order valence-corrected chi connectivity index (χ1v) is 8.16. The number of carbonyl (C=O) groups is 1. The third-order valence-electron chi connectivity index (χ3n) is 3.09. The van der Waals surface area contributed by atoms with Crippen LogP contribution >= 0.6 is 10.7 Å². The highest BCUT2D eigenvalue weighted by molar-refractivity contribution is 8.13. The Morgan fingerprint density at radius 2 is 2.00 bits per heavy atom. The Morgan fingerprint density at radius 3 is 2.47 bits per heavy atom. The molecule has 1 aliphatic rings. The van der Waals surface area contributed by atoms with Gasteiger partial charge in [-0.2, -0.15) is 0 Å². The number of hydrogen-bond donors (Lipinski definition) is 1. The molecule has 1 heterocycles. The zero-order valence-electron chi connectivity index (χ0n) is 10.3. The first kappa shape index (κ1) is 14.3. The van der Waals surface area contributed by atoms with Crippen LogP contribution in [0, 0.1) is 0 Å². The van der Waals surface area contributed by atoms with Gasteiger partial charge in [0, 0.05) is 22.9 Å². The van der Waals surface area contributed by atoms with Crippen molar-refractivity contribution in [1.29, 1.82) is 0 Å². The Morgan fingerprint density at radius 1 is 1.37 bits per heavy atom. The molecule has 1 aromatic carbocycles. The zero-order chi connectivity index (χ0) is 14.0. The number of benzene rings is 1. The molecule has 1 amide bonds. The van der Waals surface area contributed by atoms with Crippen molar-refractivity contribution in [1.82, 2.24) is 5.32 Å². The van der Waals surface area contributed by atoms with Crippen LogP contribution in [-0.2, 0) is 13.8 Å². The average molecular weight is 304 g/mol. The van der Waals surface area contributed by atoms with Crippen molar-refractivity contribution in [2.24, 2.45) is 0 Å². The van der Waals surface area contributed by atoms with E-state index in [1.807, 2.05) is 6.92 Å². The van der Waals surface area contributed by atoms with E-state index in [1.165, 1.54) is 24.3 Å². The lowest BCUT2D eigenvalue weighted by atomic mass is 10.1. The summed E-state index contributed by atoms with van der Waals surface area (Å²) < 4.78 is 27.5. The molecular weight excluding hydrogens is 290 g/mol. The number of rotatable bonds is 3. The minimum Gasteiger partial charge on any atom is -0.376 e. The number of carbonyl (C=O) groups excluding carboxylic acids is 1. The van der Waals surface area contributed by atoms with Gasteiger partial charge >= 0.3 is 0 Å². The van der Waals surface area contributed by atoms with Gasteiger partial charge in [-0.1, -0.05) is 0 Å². The molecule has 0 aromatic heterocycles. The molecule has 1 N–H and O–H groups in total. The standard InChI is InChI=1S/C12H14ClNO4S/c1-8-11(6-7-18-8)14-12(15)9-2-4-10(5-3-9)19(13,16)17/h2-5,8,11H,6-7H2,1H3,(H,14,15). The minimum absolute atomic E-state index is 0.00792. The maximum atomic E-state index is 12.0. The van der Waals surface area contributed by atoms with Gasteiger partial charge in [0.1, 0.15) is 0 Å². The number of halogens is 1. The summed E-state index contributed by atoms with van der Waals surface area (Å²) in [5, 5.41) is 2.86. The van der Waals surface area contributed by atoms with Crippen LogP contribution in [0.5, 0.6) is 0 Å². The molecule has 19 heavy (non-hydrogen) atoms. The lowest BCUT2D eigenvalue weighted by molar-refractivity contribution is 0.0866. The summed E-state index contributed by atoms with van der Waals surface area (Å²) in [5.74, 6) is -0.249. The summed E-state index contributed by atoms with van der Waals surface area (Å²) in [7, 11) is 1.45. The van der Waals surface area contributed by atoms with E-state index >= 15 is 0 Å². The third-order valence-corrected chi connectivity index (χ3v) is 4.46. The molecule has 2 unspecified atom stereocenters. The molecule has 2 rings (SSSR count). The Hall–Kier alpha value is -1.11. The molecule has 0 spiro atoms. The van der Waals surface area contributed by atoms with Crippen molar-refractivity contribution in [2.45, 2.75) is 30.4 Å². The summed E-state index contributed by atoms with van der Waals surface area (Å²) in [6.45, 7) is 2.54. The van der Waals surface area contributed by atoms with E-state index in [0.717, 1.165) is 6.42 Å². The molecule has 5 nitrogen and oxygen atoms in total. The third kappa shape index (κ3) is 3.46. The number of amides is 1. The van der Waals surface area contributed by atoms with Crippen molar-refractivity contribution in [3.05, 3.63) is 29.8 Å². The van der Waals surface area contributed by atoms with E-state index in [9.17, 15) is 13.2 Å². The molecular formula is C12H14ClNO4S. The smallest absolute Gasteiger partial charge is 0.261 e. The van der Waals surface area contributed by atoms with Crippen LogP contribution in [0.1, 0.15) is 23.7 Å². The van der Waals surface area contributed by atoms with E-state index in [1.54, 1.807) is 0 Å². The summed E-state index contributed by atoms with van der Waals surface area (Å²) in [6, 6.07) is 5.48. The molecule has 1 fully saturated rings. The molecule has 1 saturated heterocycles. The Balaban J connectivity index is 2.08. The van der Waals surface area contributed by atoms with Crippen LogP contribution in [0.3, 0.4) is 0 Å². The summed E-state index contributed by atoms with van der Waals surface area (Å²) in [4.78, 5) is 11.9. The number of ether oxygens (including phenoxy) is 1. The van der Waals surface area contributed by atoms with Crippen LogP contribution in [0.25, 0.3) is 0 Å². The van der Waals surface area contributed by atoms with E-state index in [4.69, 9.17) is 15.4 Å². The molecule has 0 aliphatic carbocycles. The quantitative estimate of drug-likeness (QED) is 0.859. The van der Waals surface area contributed by atoms with Crippen molar-refractivity contribution >= 4 is 25.6 Å². The van der Waals surface area contributed by atoms with Gasteiger partial charge in [0.25, 0.3) is 15.0 Å². The van der Waals surface area contributed by atoms with E-state index in [0.29, 0.717) is 12.2 Å². The minimum atomic E-state index is -3.76. The van der Waals surface area contributed by atoms with Crippen LogP contribution in [0.15, 0.2) is 29.2 Å². The molecule has 7 heteroatoms. The lowest BCUT2D eigenvalue weighted by Crippen LogP contribution is -2.39. The zero-order valence-corrected chi connectivity index (χ0v) is 11.9. The highest BCUT2D eigenvalue weighted by Gasteiger charge is 2.26. The van der Waals surface area contributed by atoms with Gasteiger partial charge in [-0.05, 0) is 37.6 Å². The van der Waals surface area contributed by atoms with E-state index in [2.05, 4.69) is 5.32 Å². The number of hydrogen-bond acceptors (Lipinski definition) is 4. The Kier molecular flexibility index (Phi) is 4.13. The van der Waals surface area contributed by atoms with Crippen LogP contribution < -0.4 is 5.32 Å². The van der Waals surface area contributed by atoms with Crippen molar-refractivity contribution in [3.63, 3.8) is 0 Å². The van der Waals surface area contributed by atoms with Gasteiger partial charge in [0.15, 0.2) is 0 Å². The predicted molar refractivity (Wildman–Crippen MR) is 70.8 cm³/mol. The van der Waals surface area contributed by atoms with Gasteiger partial charge < -0.3 is 10.1 Å². The molecule has 1 aliphatic heterocycles. The molecule has 0 radical (unpaired) electrons. The van der Waals surface area contributed by atoms with Gasteiger partial charge in [0.05, 0.1) is 17.0 Å². The maximum absolute atomic E-state index is 12.0. The SMILES string of the molecule is CC1OCCC1NC(=O)c1ccc(S(=O)(=O)Cl)cc1. The van der Waals surface area contributed by atoms with Crippen LogP contribution in [0.4, 0.5) is 0 Å². The molecule has 2 atom stereocenters. The molecule has 1 aromatic rings. The average Bonchev–Trinajstić information content (AvgIpc) is 2.74. The van der Waals surface area contributed by atoms with Crippen molar-refractivity contribution < 1.29 is 17.9 Å². The Labute approximate surface area is 116 Å². The van der Waals surface area contributed by atoms with Crippen molar-refractivity contribution in [3.8, 4) is 0 Å². The highest BCUT2D eigenvalue weighted by Crippen LogP contribution is 2.16. The normalized spacial score (nSPS) is 23.3. The lowest BCUT2D eigenvalue weighted by Gasteiger charge is -2.15. The van der Waals surface area contributed by atoms with Gasteiger partial charge in [0.2, 0.25) is 0 Å². The first-order chi connectivity index (χ1) is 8.88. The Bertz CT molecular complexity index is 570. The second kappa shape index (κ2) is 5.48. The van der Waals surface area contributed by atoms with Gasteiger partial charge in [-0.3, -0.25) is 4.79 Å². The number of nitrogens with one attached hydrogen (secondary N) is 1. The second-order valence-electron chi connectivity index (χ2n) is 4.41. The fourth-order valence-corrected chi connectivity index (χ4v) is 2.71. The van der Waals surface area contributed by atoms with Gasteiger partial charge in [-0.25, -0.2) is 8.42 Å². The van der Waals surface area contributed by atoms with Crippen LogP contribution in [0.2, 0.25) is 0 Å². The fraction of sp³-hybridized carbons (Fsp3) is 0.417. The fourth-order valence-electron chi connectivity index (χ4n) is 1.94. The van der Waals surface area contributed by atoms with Crippen LogP contribution in [-0.4, -0.2) is 33.1 Å². The summed E-state index contributed by atoms with van der Waals surface area (Å²) in [5.41, 5.74) is 0.392. The highest BCUT2D eigenvalue weighted by atomic mass is 35.7. The molecule has 0 saturated carbocycles. The summed E-state index contributed by atoms with van der Waals surface area (Å²) in [6.07, 6.45) is 0.771. The topological polar surface area (TPSA) is 72.5 Å². The predicted octanol–water partition coefficient (Wildman–Crippen LogP) is 1.52. The second-order valence-corrected chi connectivity index (χ2v) is 6.97. The monoisotopic (exact) mass is 303 g/mol. The summed E-state index contributed by atoms with van der Waals surface area (Å²) >= 11 is 0. The first-order valence-electron chi connectivity index (χ1n) is 5.85. The molecule has 0 bridgehead atoms. The van der Waals surface area contributed by atoms with Gasteiger partial charge in [-0.15, -0.1) is 0 Å². The largest absolute Gasteiger partial charge is 0.376 e. The van der Waals surface area contributed by atoms with Crippen molar-refractivity contribution in [2.75, 3.05) is 6.61 Å².